The Kier molecular flexibility index (Phi) is 4.65. The lowest BCUT2D eigenvalue weighted by atomic mass is 10.0. The van der Waals surface area contributed by atoms with Gasteiger partial charge in [-0.15, -0.1) is 0 Å². The maximum absolute atomic E-state index is 5.73. The number of benzene rings is 1. The number of hydrogen-bond acceptors (Lipinski definition) is 2. The molecule has 1 aromatic carbocycles. The molecule has 1 aromatic rings. The van der Waals surface area contributed by atoms with Crippen molar-refractivity contribution in [2.45, 2.75) is 51.6 Å². The summed E-state index contributed by atoms with van der Waals surface area (Å²) in [6, 6.07) is 8.32. The van der Waals surface area contributed by atoms with E-state index in [-0.39, 0.29) is 5.60 Å². The molecule has 1 aliphatic heterocycles. The van der Waals surface area contributed by atoms with Gasteiger partial charge in [0.05, 0.1) is 13.2 Å². The summed E-state index contributed by atoms with van der Waals surface area (Å²) in [6.07, 6.45) is 6.39. The monoisotopic (exact) mass is 248 g/mol. The molecule has 0 spiro atoms. The van der Waals surface area contributed by atoms with Crippen molar-refractivity contribution in [2.24, 2.45) is 0 Å². The van der Waals surface area contributed by atoms with Gasteiger partial charge < -0.3 is 9.47 Å². The Bertz CT molecular complexity index is 352. The van der Waals surface area contributed by atoms with Crippen LogP contribution >= 0.6 is 0 Å². The molecule has 0 saturated carbocycles. The largest absolute Gasteiger partial charge is 0.494 e. The van der Waals surface area contributed by atoms with Gasteiger partial charge in [0.25, 0.3) is 0 Å². The average molecular weight is 248 g/mol. The lowest BCUT2D eigenvalue weighted by molar-refractivity contribution is 0.303. The zero-order valence-electron chi connectivity index (χ0n) is 11.6. The molecule has 1 unspecified atom stereocenters. The van der Waals surface area contributed by atoms with E-state index in [0.29, 0.717) is 0 Å². The molecule has 1 saturated heterocycles. The summed E-state index contributed by atoms with van der Waals surface area (Å²) < 4.78 is 11.2. The second-order valence-electron chi connectivity index (χ2n) is 5.31. The topological polar surface area (TPSA) is 21.8 Å². The standard InChI is InChI=1S/C16H24O2/c1-3-4-5-6-7-12-17-15-10-8-14(9-11-15)16(2)13-18-16/h8-11H,3-7,12-13H2,1-2H3. The number of rotatable bonds is 8. The molecule has 2 nitrogen and oxygen atoms in total. The third-order valence-electron chi connectivity index (χ3n) is 3.56. The Hall–Kier alpha value is -1.02. The molecule has 0 aromatic heterocycles. The molecule has 1 aliphatic rings. The fourth-order valence-corrected chi connectivity index (χ4v) is 2.07. The van der Waals surface area contributed by atoms with Crippen LogP contribution in [0.25, 0.3) is 0 Å². The molecule has 0 radical (unpaired) electrons. The maximum Gasteiger partial charge on any atom is 0.119 e. The van der Waals surface area contributed by atoms with E-state index in [1.54, 1.807) is 0 Å². The van der Waals surface area contributed by atoms with Crippen molar-refractivity contribution in [3.05, 3.63) is 29.8 Å². The summed E-state index contributed by atoms with van der Waals surface area (Å²) in [5.41, 5.74) is 1.22. The Morgan fingerprint density at radius 3 is 2.39 bits per heavy atom. The highest BCUT2D eigenvalue weighted by Gasteiger charge is 2.40. The minimum Gasteiger partial charge on any atom is -0.494 e. The van der Waals surface area contributed by atoms with Gasteiger partial charge in [0.2, 0.25) is 0 Å². The maximum atomic E-state index is 5.73. The van der Waals surface area contributed by atoms with Crippen LogP contribution in [0.1, 0.15) is 51.5 Å². The molecule has 0 N–H and O–H groups in total. The fraction of sp³-hybridized carbons (Fsp3) is 0.625. The molecule has 1 atom stereocenters. The lowest BCUT2D eigenvalue weighted by Gasteiger charge is -2.09. The highest BCUT2D eigenvalue weighted by molar-refractivity contribution is 5.32. The smallest absolute Gasteiger partial charge is 0.119 e. The summed E-state index contributed by atoms with van der Waals surface area (Å²) in [7, 11) is 0. The van der Waals surface area contributed by atoms with Crippen molar-refractivity contribution in [1.82, 2.24) is 0 Å². The molecular formula is C16H24O2. The van der Waals surface area contributed by atoms with Gasteiger partial charge in [-0.1, -0.05) is 44.7 Å². The third-order valence-corrected chi connectivity index (χ3v) is 3.56. The summed E-state index contributed by atoms with van der Waals surface area (Å²) in [6.45, 7) is 6.03. The number of hydrogen-bond donors (Lipinski definition) is 0. The van der Waals surface area contributed by atoms with Crippen molar-refractivity contribution in [3.63, 3.8) is 0 Å². The van der Waals surface area contributed by atoms with Crippen LogP contribution in [-0.2, 0) is 10.3 Å². The van der Waals surface area contributed by atoms with Crippen LogP contribution in [0, 0.1) is 0 Å². The normalized spacial score (nSPS) is 21.9. The number of ether oxygens (including phenoxy) is 2. The van der Waals surface area contributed by atoms with E-state index < -0.39 is 0 Å². The van der Waals surface area contributed by atoms with Gasteiger partial charge in [0.15, 0.2) is 0 Å². The highest BCUT2D eigenvalue weighted by atomic mass is 16.6. The SMILES string of the molecule is CCCCCCCOc1ccc(C2(C)CO2)cc1. The van der Waals surface area contributed by atoms with Crippen molar-refractivity contribution < 1.29 is 9.47 Å². The fourth-order valence-electron chi connectivity index (χ4n) is 2.07. The van der Waals surface area contributed by atoms with Gasteiger partial charge in [0.1, 0.15) is 11.4 Å². The summed E-state index contributed by atoms with van der Waals surface area (Å²) >= 11 is 0. The van der Waals surface area contributed by atoms with Gasteiger partial charge in [-0.05, 0) is 31.0 Å². The Morgan fingerprint density at radius 1 is 1.11 bits per heavy atom. The van der Waals surface area contributed by atoms with Crippen LogP contribution in [-0.4, -0.2) is 13.2 Å². The summed E-state index contributed by atoms with van der Waals surface area (Å²) in [5, 5.41) is 0. The van der Waals surface area contributed by atoms with Gasteiger partial charge >= 0.3 is 0 Å². The molecule has 2 heteroatoms. The molecule has 0 bridgehead atoms. The average Bonchev–Trinajstić information content (AvgIpc) is 3.14. The van der Waals surface area contributed by atoms with Crippen molar-refractivity contribution in [3.8, 4) is 5.75 Å². The molecular weight excluding hydrogens is 224 g/mol. The first-order valence-electron chi connectivity index (χ1n) is 7.12. The molecule has 0 amide bonds. The zero-order chi connectivity index (χ0) is 12.8. The van der Waals surface area contributed by atoms with E-state index >= 15 is 0 Å². The van der Waals surface area contributed by atoms with E-state index in [1.807, 2.05) is 12.1 Å². The first-order chi connectivity index (χ1) is 8.74. The van der Waals surface area contributed by atoms with Gasteiger partial charge in [0, 0.05) is 0 Å². The molecule has 100 valence electrons. The van der Waals surface area contributed by atoms with Crippen molar-refractivity contribution >= 4 is 0 Å². The Morgan fingerprint density at radius 2 is 1.78 bits per heavy atom. The van der Waals surface area contributed by atoms with E-state index in [0.717, 1.165) is 25.4 Å². The third kappa shape index (κ3) is 3.74. The van der Waals surface area contributed by atoms with Gasteiger partial charge in [-0.3, -0.25) is 0 Å². The van der Waals surface area contributed by atoms with Crippen molar-refractivity contribution in [1.29, 1.82) is 0 Å². The van der Waals surface area contributed by atoms with Gasteiger partial charge in [-0.25, -0.2) is 0 Å². The van der Waals surface area contributed by atoms with Crippen LogP contribution < -0.4 is 4.74 Å². The lowest BCUT2D eigenvalue weighted by Crippen LogP contribution is -2.02. The predicted molar refractivity (Wildman–Crippen MR) is 74.0 cm³/mol. The van der Waals surface area contributed by atoms with E-state index in [4.69, 9.17) is 9.47 Å². The summed E-state index contributed by atoms with van der Waals surface area (Å²) in [5.74, 6) is 0.971. The van der Waals surface area contributed by atoms with Crippen LogP contribution in [0.2, 0.25) is 0 Å². The first-order valence-corrected chi connectivity index (χ1v) is 7.12. The zero-order valence-corrected chi connectivity index (χ0v) is 11.6. The predicted octanol–water partition coefficient (Wildman–Crippen LogP) is 4.28. The molecule has 2 rings (SSSR count). The highest BCUT2D eigenvalue weighted by Crippen LogP contribution is 2.38. The Balaban J connectivity index is 1.67. The number of unbranched alkanes of at least 4 members (excludes halogenated alkanes) is 4. The quantitative estimate of drug-likeness (QED) is 0.506. The van der Waals surface area contributed by atoms with Gasteiger partial charge in [-0.2, -0.15) is 0 Å². The van der Waals surface area contributed by atoms with E-state index in [9.17, 15) is 0 Å². The minimum absolute atomic E-state index is 0.0291. The number of epoxide rings is 1. The second kappa shape index (κ2) is 6.24. The van der Waals surface area contributed by atoms with E-state index in [2.05, 4.69) is 26.0 Å². The van der Waals surface area contributed by atoms with Crippen LogP contribution in [0.4, 0.5) is 0 Å². The molecule has 1 heterocycles. The Labute approximate surface area is 110 Å². The van der Waals surface area contributed by atoms with Crippen LogP contribution in [0.15, 0.2) is 24.3 Å². The molecule has 0 aliphatic carbocycles. The van der Waals surface area contributed by atoms with Crippen molar-refractivity contribution in [2.75, 3.05) is 13.2 Å². The minimum atomic E-state index is -0.0291. The summed E-state index contributed by atoms with van der Waals surface area (Å²) in [4.78, 5) is 0. The molecule has 1 fully saturated rings. The van der Waals surface area contributed by atoms with Crippen LogP contribution in [0.5, 0.6) is 5.75 Å². The van der Waals surface area contributed by atoms with E-state index in [1.165, 1.54) is 31.2 Å². The molecule has 18 heavy (non-hydrogen) atoms. The first kappa shape index (κ1) is 13.4. The van der Waals surface area contributed by atoms with Crippen LogP contribution in [0.3, 0.4) is 0 Å². The second-order valence-corrected chi connectivity index (χ2v) is 5.31.